The summed E-state index contributed by atoms with van der Waals surface area (Å²) in [4.78, 5) is 0. The molecule has 0 saturated carbocycles. The molecule has 0 atom stereocenters. The molecule has 200 valence electrons. The van der Waals surface area contributed by atoms with Crippen LogP contribution < -0.4 is 0 Å². The predicted molar refractivity (Wildman–Crippen MR) is 161 cm³/mol. The maximum atomic E-state index is 6.22. The van der Waals surface area contributed by atoms with Gasteiger partial charge in [-0.1, -0.05) is 0 Å². The molecule has 33 heavy (non-hydrogen) atoms. The van der Waals surface area contributed by atoms with E-state index in [1.165, 1.54) is 0 Å². The summed E-state index contributed by atoms with van der Waals surface area (Å²) in [5, 5.41) is 0. The van der Waals surface area contributed by atoms with E-state index < -0.39 is 35.8 Å². The van der Waals surface area contributed by atoms with Crippen LogP contribution in [0.25, 0.3) is 0 Å². The van der Waals surface area contributed by atoms with Crippen molar-refractivity contribution in [1.82, 2.24) is 0 Å². The lowest BCUT2D eigenvalue weighted by atomic mass is 10.5. The molecule has 0 N–H and O–H groups in total. The minimum atomic E-state index is -3.46. The molecule has 0 radical (unpaired) electrons. The van der Waals surface area contributed by atoms with Crippen LogP contribution in [0.2, 0.25) is 50.4 Å². The largest absolute Gasteiger partial charge is 0.679 e. The van der Waals surface area contributed by atoms with Gasteiger partial charge in [0.05, 0.1) is 0 Å². The summed E-state index contributed by atoms with van der Waals surface area (Å²) in [5.74, 6) is 0. The van der Waals surface area contributed by atoms with E-state index in [4.69, 9.17) is 106 Å². The second-order valence-electron chi connectivity index (χ2n) is 8.59. The van der Waals surface area contributed by atoms with Crippen LogP contribution in [-0.2, 0) is 17.7 Å². The van der Waals surface area contributed by atoms with E-state index in [9.17, 15) is 0 Å². The summed E-state index contributed by atoms with van der Waals surface area (Å²) >= 11 is 49.8. The number of hydrogen-bond donors (Lipinski definition) is 0. The molecule has 0 rings (SSSR count). The van der Waals surface area contributed by atoms with Crippen molar-refractivity contribution < 1.29 is 17.7 Å². The zero-order chi connectivity index (χ0) is 25.8. The Kier molecular flexibility index (Phi) is 18.7. The molecule has 0 unspecified atom stereocenters. The van der Waals surface area contributed by atoms with Crippen LogP contribution in [0.1, 0.15) is 25.7 Å². The van der Waals surface area contributed by atoms with Crippen molar-refractivity contribution in [2.75, 3.05) is 26.4 Å². The zero-order valence-electron chi connectivity index (χ0n) is 19.6. The van der Waals surface area contributed by atoms with Gasteiger partial charge >= 0.3 is 9.05 Å². The van der Waals surface area contributed by atoms with E-state index >= 15 is 0 Å². The van der Waals surface area contributed by atoms with Gasteiger partial charge in [-0.3, -0.25) is 0 Å². The molecule has 0 heterocycles. The smallest absolute Gasteiger partial charge is 0.351 e. The summed E-state index contributed by atoms with van der Waals surface area (Å²) in [6.07, 6.45) is 2.71. The Morgan fingerprint density at radius 1 is 0.394 bits per heavy atom. The first kappa shape index (κ1) is 36.2. The lowest BCUT2D eigenvalue weighted by Gasteiger charge is -2.29. The van der Waals surface area contributed by atoms with Crippen molar-refractivity contribution >= 4 is 124 Å². The van der Waals surface area contributed by atoms with Crippen molar-refractivity contribution in [1.29, 1.82) is 0 Å². The number of hydrogen-bond acceptors (Lipinski definition) is 4. The normalized spacial score (nSPS) is 14.2. The molecule has 0 aliphatic heterocycles. The molecule has 0 fully saturated rings. The van der Waals surface area contributed by atoms with Gasteiger partial charge in [-0.05, 0) is 76.0 Å². The minimum Gasteiger partial charge on any atom is -0.351 e. The lowest BCUT2D eigenvalue weighted by molar-refractivity contribution is -0.0347. The van der Waals surface area contributed by atoms with Gasteiger partial charge in [0.1, 0.15) is 0 Å². The first-order valence-corrected chi connectivity index (χ1v) is 31.5. The third-order valence-corrected chi connectivity index (χ3v) is 15.8. The van der Waals surface area contributed by atoms with Crippen LogP contribution >= 0.6 is 88.6 Å². The van der Waals surface area contributed by atoms with E-state index in [1.807, 2.05) is 26.2 Å². The van der Waals surface area contributed by atoms with E-state index in [0.29, 0.717) is 76.3 Å². The van der Waals surface area contributed by atoms with Gasteiger partial charge in [-0.25, -0.2) is 0 Å². The molecule has 4 nitrogen and oxygen atoms in total. The molecule has 0 aromatic carbocycles. The van der Waals surface area contributed by atoms with Crippen LogP contribution in [-0.4, -0.2) is 62.2 Å². The lowest BCUT2D eigenvalue weighted by Crippen LogP contribution is -2.50. The first-order valence-electron chi connectivity index (χ1n) is 10.9. The average Bonchev–Trinajstić information content (AvgIpc) is 2.60. The van der Waals surface area contributed by atoms with Crippen molar-refractivity contribution in [3.63, 3.8) is 0 Å². The Morgan fingerprint density at radius 3 is 0.727 bits per heavy atom. The van der Waals surface area contributed by atoms with Crippen LogP contribution in [0.4, 0.5) is 0 Å². The van der Waals surface area contributed by atoms with Crippen molar-refractivity contribution in [3.05, 3.63) is 0 Å². The Morgan fingerprint density at radius 2 is 0.576 bits per heavy atom. The second kappa shape index (κ2) is 17.0. The third kappa shape index (κ3) is 25.3. The van der Waals surface area contributed by atoms with E-state index in [0.717, 1.165) is 0 Å². The highest BCUT2D eigenvalue weighted by atomic mass is 35.7. The second-order valence-corrected chi connectivity index (χ2v) is 43.6. The number of halogens is 8. The minimum absolute atomic E-state index is 0.362. The molecule has 0 aliphatic carbocycles. The Bertz CT molecular complexity index is 433. The molecule has 0 bridgehead atoms. The molecule has 0 aliphatic rings. The molecule has 0 spiro atoms. The van der Waals surface area contributed by atoms with Gasteiger partial charge in [0, 0.05) is 26.4 Å². The fourth-order valence-corrected chi connectivity index (χ4v) is 10.9. The molecule has 0 saturated heterocycles. The predicted octanol–water partition coefficient (Wildman–Crippen LogP) is 9.25. The summed E-state index contributed by atoms with van der Waals surface area (Å²) < 4.78 is 24.5. The zero-order valence-corrected chi connectivity index (χ0v) is 30.7. The van der Waals surface area contributed by atoms with Crippen molar-refractivity contribution in [2.24, 2.45) is 0 Å². The first-order chi connectivity index (χ1) is 14.8. The maximum absolute atomic E-state index is 6.22. The maximum Gasteiger partial charge on any atom is 0.679 e. The highest BCUT2D eigenvalue weighted by molar-refractivity contribution is 7.46. The molecule has 17 heteroatoms. The van der Waals surface area contributed by atoms with Gasteiger partial charge in [0.15, 0.2) is 0 Å². The fourth-order valence-electron chi connectivity index (χ4n) is 2.57. The van der Waals surface area contributed by atoms with Crippen LogP contribution in [0.5, 0.6) is 0 Å². The summed E-state index contributed by atoms with van der Waals surface area (Å²) in [6, 6.07) is 2.75. The quantitative estimate of drug-likeness (QED) is 0.0716. The Labute approximate surface area is 242 Å². The fraction of sp³-hybridized carbons (Fsp3) is 1.00. The van der Waals surface area contributed by atoms with E-state index in [1.54, 1.807) is 0 Å². The highest BCUT2D eigenvalue weighted by Gasteiger charge is 2.46. The van der Waals surface area contributed by atoms with Crippen LogP contribution in [0.15, 0.2) is 0 Å². The Balaban J connectivity index is 5.17. The topological polar surface area (TPSA) is 36.9 Å². The van der Waals surface area contributed by atoms with Crippen LogP contribution in [0.3, 0.4) is 0 Å². The molecule has 0 aromatic heterocycles. The summed E-state index contributed by atoms with van der Waals surface area (Å²) in [5.41, 5.74) is 0. The third-order valence-electron chi connectivity index (χ3n) is 4.16. The summed E-state index contributed by atoms with van der Waals surface area (Å²) in [6.45, 7) is 0.0474. The van der Waals surface area contributed by atoms with Gasteiger partial charge < -0.3 is 17.7 Å². The summed E-state index contributed by atoms with van der Waals surface area (Å²) in [7, 11) is -3.46. The van der Waals surface area contributed by atoms with Gasteiger partial charge in [-0.2, -0.15) is 0 Å². The molecular formula is C16H36Cl8O4Si5. The standard InChI is InChI=1S/C16H36Cl8O4Si5/c1-29(17,18)13-5-9-25-33(26-10-6-14-30(2,19)20,27-11-7-15-31(3,21)22)28-12-8-16-32(4,23)24/h5-16H2,1-4H3. The molecular weight excluding hydrogens is 680 g/mol. The van der Waals surface area contributed by atoms with E-state index in [2.05, 4.69) is 0 Å². The average molecular weight is 717 g/mol. The SMILES string of the molecule is C[Si](Cl)(Cl)CCCO[Si](OCCC[Si](C)(Cl)Cl)(OCCC[Si](C)(Cl)Cl)OCCC[Si](C)(Cl)Cl. The van der Waals surface area contributed by atoms with Gasteiger partial charge in [0.2, 0.25) is 26.8 Å². The molecule has 0 aromatic rings. The van der Waals surface area contributed by atoms with Gasteiger partial charge in [-0.15, -0.1) is 88.6 Å². The monoisotopic (exact) mass is 712 g/mol. The van der Waals surface area contributed by atoms with Crippen LogP contribution in [0, 0.1) is 0 Å². The number of rotatable bonds is 20. The molecule has 0 amide bonds. The van der Waals surface area contributed by atoms with E-state index in [-0.39, 0.29) is 0 Å². The van der Waals surface area contributed by atoms with Crippen molar-refractivity contribution in [3.8, 4) is 0 Å². The Hall–Kier alpha value is 3.24. The van der Waals surface area contributed by atoms with Gasteiger partial charge in [0.25, 0.3) is 0 Å². The highest BCUT2D eigenvalue weighted by Crippen LogP contribution is 2.26. The van der Waals surface area contributed by atoms with Crippen molar-refractivity contribution in [2.45, 2.75) is 76.0 Å².